The Morgan fingerprint density at radius 3 is 2.71 bits per heavy atom. The highest BCUT2D eigenvalue weighted by Gasteiger charge is 2.41. The summed E-state index contributed by atoms with van der Waals surface area (Å²) in [6.07, 6.45) is 4.63. The number of nitrogens with zero attached hydrogens (tertiary/aromatic N) is 5. The summed E-state index contributed by atoms with van der Waals surface area (Å²) >= 11 is 0. The lowest BCUT2D eigenvalue weighted by molar-refractivity contribution is -0.147. The summed E-state index contributed by atoms with van der Waals surface area (Å²) in [5.41, 5.74) is 1.85. The van der Waals surface area contributed by atoms with Gasteiger partial charge in [-0.2, -0.15) is 10.1 Å². The molecular weight excluding hydrogens is 358 g/mol. The fourth-order valence-corrected chi connectivity index (χ4v) is 4.56. The minimum atomic E-state index is -0.114. The number of carbonyl (C=O) groups excluding carboxylic acids is 1. The second-order valence-electron chi connectivity index (χ2n) is 8.29. The molecule has 152 valence electrons. The Balaban J connectivity index is 1.32. The zero-order valence-corrected chi connectivity index (χ0v) is 17.0. The molecule has 0 bridgehead atoms. The number of rotatable bonds is 4. The van der Waals surface area contributed by atoms with Crippen LogP contribution in [0.2, 0.25) is 0 Å². The number of amides is 1. The van der Waals surface area contributed by atoms with E-state index in [9.17, 15) is 4.79 Å². The smallest absolute Gasteiger partial charge is 0.244 e. The first-order chi connectivity index (χ1) is 13.4. The van der Waals surface area contributed by atoms with Crippen LogP contribution in [0, 0.1) is 26.7 Å². The maximum Gasteiger partial charge on any atom is 0.244 e. The van der Waals surface area contributed by atoms with E-state index in [1.54, 1.807) is 4.68 Å². The molecule has 0 aliphatic carbocycles. The highest BCUT2D eigenvalue weighted by Crippen LogP contribution is 2.38. The van der Waals surface area contributed by atoms with Gasteiger partial charge >= 0.3 is 0 Å². The van der Waals surface area contributed by atoms with Gasteiger partial charge in [-0.05, 0) is 51.5 Å². The Labute approximate surface area is 165 Å². The number of piperidine rings is 1. The molecule has 2 aromatic heterocycles. The van der Waals surface area contributed by atoms with Gasteiger partial charge in [0.25, 0.3) is 0 Å². The Kier molecular flexibility index (Phi) is 5.23. The number of hydrogen-bond donors (Lipinski definition) is 0. The summed E-state index contributed by atoms with van der Waals surface area (Å²) in [5, 5.41) is 8.44. The standard InChI is InChI=1S/C20H29N5O3/c1-14-10-15(2)25(22-14)13-19(26)24-7-5-20(6-8-24)12-17(4-9-27-20)11-18-21-16(3)28-23-18/h10,17H,4-9,11-13H2,1-3H3. The third kappa shape index (κ3) is 4.11. The van der Waals surface area contributed by atoms with Crippen LogP contribution in [-0.4, -0.2) is 56.0 Å². The maximum atomic E-state index is 12.7. The molecule has 0 N–H and O–H groups in total. The first-order valence-electron chi connectivity index (χ1n) is 10.1. The monoisotopic (exact) mass is 387 g/mol. The minimum Gasteiger partial charge on any atom is -0.375 e. The molecule has 2 aliphatic heterocycles. The van der Waals surface area contributed by atoms with Crippen LogP contribution in [0.3, 0.4) is 0 Å². The quantitative estimate of drug-likeness (QED) is 0.800. The van der Waals surface area contributed by atoms with Crippen LogP contribution in [0.4, 0.5) is 0 Å². The van der Waals surface area contributed by atoms with Gasteiger partial charge in [0.15, 0.2) is 5.82 Å². The number of aryl methyl sites for hydroxylation is 3. The van der Waals surface area contributed by atoms with E-state index in [1.165, 1.54) is 0 Å². The molecule has 1 unspecified atom stereocenters. The van der Waals surface area contributed by atoms with Crippen LogP contribution in [0.1, 0.15) is 48.8 Å². The molecule has 8 heteroatoms. The third-order valence-electron chi connectivity index (χ3n) is 6.05. The molecule has 28 heavy (non-hydrogen) atoms. The van der Waals surface area contributed by atoms with Gasteiger partial charge in [0.1, 0.15) is 6.54 Å². The van der Waals surface area contributed by atoms with E-state index in [0.29, 0.717) is 18.4 Å². The van der Waals surface area contributed by atoms with Crippen molar-refractivity contribution in [2.24, 2.45) is 5.92 Å². The van der Waals surface area contributed by atoms with Gasteiger partial charge in [0.05, 0.1) is 11.3 Å². The SMILES string of the molecule is Cc1cc(C)n(CC(=O)N2CCC3(CC2)CC(Cc2noc(C)n2)CCO3)n1. The average molecular weight is 387 g/mol. The van der Waals surface area contributed by atoms with Crippen LogP contribution < -0.4 is 0 Å². The zero-order valence-electron chi connectivity index (χ0n) is 17.0. The molecule has 2 saturated heterocycles. The van der Waals surface area contributed by atoms with E-state index in [-0.39, 0.29) is 11.5 Å². The van der Waals surface area contributed by atoms with Crippen molar-refractivity contribution in [1.82, 2.24) is 24.8 Å². The average Bonchev–Trinajstić information content (AvgIpc) is 3.20. The predicted molar refractivity (Wildman–Crippen MR) is 102 cm³/mol. The zero-order chi connectivity index (χ0) is 19.7. The lowest BCUT2D eigenvalue weighted by Gasteiger charge is -2.46. The first kappa shape index (κ1) is 19.1. The molecule has 0 radical (unpaired) electrons. The molecule has 0 aromatic carbocycles. The van der Waals surface area contributed by atoms with Crippen LogP contribution in [0.5, 0.6) is 0 Å². The van der Waals surface area contributed by atoms with Crippen LogP contribution in [-0.2, 0) is 22.5 Å². The maximum absolute atomic E-state index is 12.7. The van der Waals surface area contributed by atoms with Crippen molar-refractivity contribution < 1.29 is 14.1 Å². The number of carbonyl (C=O) groups is 1. The molecule has 1 amide bonds. The lowest BCUT2D eigenvalue weighted by Crippen LogP contribution is -2.51. The summed E-state index contributed by atoms with van der Waals surface area (Å²) in [6, 6.07) is 2.00. The van der Waals surface area contributed by atoms with Gasteiger partial charge in [0, 0.05) is 38.7 Å². The number of aromatic nitrogens is 4. The van der Waals surface area contributed by atoms with Crippen molar-refractivity contribution >= 4 is 5.91 Å². The Hall–Kier alpha value is -2.22. The largest absolute Gasteiger partial charge is 0.375 e. The van der Waals surface area contributed by atoms with Crippen molar-refractivity contribution in [3.05, 3.63) is 29.2 Å². The molecular formula is C20H29N5O3. The summed E-state index contributed by atoms with van der Waals surface area (Å²) in [4.78, 5) is 19.0. The molecule has 1 spiro atoms. The third-order valence-corrected chi connectivity index (χ3v) is 6.05. The summed E-state index contributed by atoms with van der Waals surface area (Å²) < 4.78 is 13.1. The number of hydrogen-bond acceptors (Lipinski definition) is 6. The van der Waals surface area contributed by atoms with E-state index in [2.05, 4.69) is 15.2 Å². The first-order valence-corrected chi connectivity index (χ1v) is 10.1. The topological polar surface area (TPSA) is 86.3 Å². The lowest BCUT2D eigenvalue weighted by atomic mass is 9.78. The minimum absolute atomic E-state index is 0.114. The van der Waals surface area contributed by atoms with Crippen LogP contribution in [0.15, 0.2) is 10.6 Å². The van der Waals surface area contributed by atoms with Crippen molar-refractivity contribution in [3.8, 4) is 0 Å². The fraction of sp³-hybridized carbons (Fsp3) is 0.700. The van der Waals surface area contributed by atoms with Gasteiger partial charge in [0.2, 0.25) is 11.8 Å². The molecule has 4 heterocycles. The normalized spacial score (nSPS) is 22.0. The Bertz CT molecular complexity index is 835. The van der Waals surface area contributed by atoms with E-state index < -0.39 is 0 Å². The van der Waals surface area contributed by atoms with Crippen molar-refractivity contribution in [1.29, 1.82) is 0 Å². The van der Waals surface area contributed by atoms with Crippen LogP contribution >= 0.6 is 0 Å². The van der Waals surface area contributed by atoms with Gasteiger partial charge in [-0.3, -0.25) is 9.48 Å². The molecule has 2 aromatic rings. The second kappa shape index (κ2) is 7.66. The fourth-order valence-electron chi connectivity index (χ4n) is 4.56. The highest BCUT2D eigenvalue weighted by molar-refractivity contribution is 5.76. The number of likely N-dealkylation sites (tertiary alicyclic amines) is 1. The summed E-state index contributed by atoms with van der Waals surface area (Å²) in [7, 11) is 0. The Morgan fingerprint density at radius 2 is 2.07 bits per heavy atom. The van der Waals surface area contributed by atoms with E-state index in [1.807, 2.05) is 31.7 Å². The summed E-state index contributed by atoms with van der Waals surface area (Å²) in [6.45, 7) is 8.32. The molecule has 8 nitrogen and oxygen atoms in total. The Morgan fingerprint density at radius 1 is 1.29 bits per heavy atom. The second-order valence-corrected chi connectivity index (χ2v) is 8.29. The van der Waals surface area contributed by atoms with Gasteiger partial charge in [-0.25, -0.2) is 0 Å². The van der Waals surface area contributed by atoms with Crippen LogP contribution in [0.25, 0.3) is 0 Å². The predicted octanol–water partition coefficient (Wildman–Crippen LogP) is 2.22. The summed E-state index contributed by atoms with van der Waals surface area (Å²) in [5.74, 6) is 2.04. The molecule has 1 atom stereocenters. The van der Waals surface area contributed by atoms with Gasteiger partial charge < -0.3 is 14.2 Å². The van der Waals surface area contributed by atoms with E-state index in [4.69, 9.17) is 9.26 Å². The molecule has 2 fully saturated rings. The number of ether oxygens (including phenoxy) is 1. The van der Waals surface area contributed by atoms with E-state index >= 15 is 0 Å². The van der Waals surface area contributed by atoms with Crippen molar-refractivity contribution in [2.75, 3.05) is 19.7 Å². The van der Waals surface area contributed by atoms with Crippen molar-refractivity contribution in [2.45, 2.75) is 65.0 Å². The van der Waals surface area contributed by atoms with Gasteiger partial charge in [-0.15, -0.1) is 0 Å². The van der Waals surface area contributed by atoms with Crippen molar-refractivity contribution in [3.63, 3.8) is 0 Å². The molecule has 0 saturated carbocycles. The highest BCUT2D eigenvalue weighted by atomic mass is 16.5. The molecule has 2 aliphatic rings. The molecule has 4 rings (SSSR count). The van der Waals surface area contributed by atoms with Gasteiger partial charge in [-0.1, -0.05) is 5.16 Å². The van der Waals surface area contributed by atoms with E-state index in [0.717, 1.165) is 69.0 Å².